The topological polar surface area (TPSA) is 77.3 Å². The van der Waals surface area contributed by atoms with Crippen LogP contribution in [0.2, 0.25) is 0 Å². The summed E-state index contributed by atoms with van der Waals surface area (Å²) in [6.07, 6.45) is 3.24. The van der Waals surface area contributed by atoms with Gasteiger partial charge in [-0.2, -0.15) is 0 Å². The number of carbonyl (C=O) groups is 2. The molecule has 0 saturated heterocycles. The van der Waals surface area contributed by atoms with E-state index in [0.717, 1.165) is 0 Å². The van der Waals surface area contributed by atoms with Crippen molar-refractivity contribution in [1.82, 2.24) is 0 Å². The Bertz CT molecular complexity index is 684. The molecular formula is C14H9NO4. The molecule has 0 aliphatic heterocycles. The van der Waals surface area contributed by atoms with E-state index in [1.54, 1.807) is 24.3 Å². The van der Waals surface area contributed by atoms with E-state index >= 15 is 0 Å². The van der Waals surface area contributed by atoms with Crippen molar-refractivity contribution >= 4 is 11.6 Å². The largest absolute Gasteiger partial charge is 0.289 e. The highest BCUT2D eigenvalue weighted by molar-refractivity contribution is 6.28. The number of Topliss-reactive ketones (excluding diaryl/α,β-unsaturated/α-hetero) is 2. The zero-order chi connectivity index (χ0) is 13.6. The normalized spacial score (nSPS) is 21.2. The summed E-state index contributed by atoms with van der Waals surface area (Å²) in [5.74, 6) is -0.718. The highest BCUT2D eigenvalue weighted by Crippen LogP contribution is 2.33. The maximum Gasteiger partial charge on any atom is 0.246 e. The van der Waals surface area contributed by atoms with Crippen molar-refractivity contribution in [2.24, 2.45) is 0 Å². The Kier molecular flexibility index (Phi) is 2.41. The quantitative estimate of drug-likeness (QED) is 0.567. The number of benzene rings is 1. The van der Waals surface area contributed by atoms with Gasteiger partial charge >= 0.3 is 0 Å². The number of nitrogens with zero attached hydrogens (tertiary/aromatic N) is 1. The third kappa shape index (κ3) is 1.55. The van der Waals surface area contributed by atoms with Crippen LogP contribution in [0.3, 0.4) is 0 Å². The molecule has 1 aromatic carbocycles. The second kappa shape index (κ2) is 3.98. The number of rotatable bonds is 1. The molecule has 3 rings (SSSR count). The fraction of sp³-hybridized carbons (Fsp3) is 0.143. The summed E-state index contributed by atoms with van der Waals surface area (Å²) in [5.41, 5.74) is 0.765. The molecule has 0 amide bonds. The fourth-order valence-electron chi connectivity index (χ4n) is 2.53. The predicted octanol–water partition coefficient (Wildman–Crippen LogP) is 1.97. The molecule has 0 saturated carbocycles. The van der Waals surface area contributed by atoms with Crippen molar-refractivity contribution in [1.29, 1.82) is 0 Å². The number of carbonyl (C=O) groups excluding carboxylic acids is 2. The second-order valence-electron chi connectivity index (χ2n) is 4.47. The smallest absolute Gasteiger partial charge is 0.246 e. The van der Waals surface area contributed by atoms with Crippen molar-refractivity contribution in [3.05, 3.63) is 68.8 Å². The van der Waals surface area contributed by atoms with Gasteiger partial charge in [-0.05, 0) is 0 Å². The monoisotopic (exact) mass is 255 g/mol. The van der Waals surface area contributed by atoms with Crippen molar-refractivity contribution in [2.75, 3.05) is 0 Å². The van der Waals surface area contributed by atoms with E-state index in [1.807, 2.05) is 0 Å². The number of fused-ring (bicyclic) bond motifs is 1. The molecule has 0 spiro atoms. The highest BCUT2D eigenvalue weighted by atomic mass is 16.6. The Balaban J connectivity index is 2.24. The molecule has 0 N–H and O–H groups in total. The van der Waals surface area contributed by atoms with E-state index in [2.05, 4.69) is 0 Å². The maximum absolute atomic E-state index is 12.4. The fourth-order valence-corrected chi connectivity index (χ4v) is 2.53. The molecular weight excluding hydrogens is 246 g/mol. The van der Waals surface area contributed by atoms with E-state index in [1.165, 1.54) is 12.1 Å². The number of nitro groups is 1. The highest BCUT2D eigenvalue weighted by Gasteiger charge is 2.41. The van der Waals surface area contributed by atoms with Crippen LogP contribution in [0.15, 0.2) is 47.6 Å². The zero-order valence-corrected chi connectivity index (χ0v) is 9.83. The SMILES string of the molecule is O=C1C2=C(C(=O)c3ccccc31)C([N+](=O)[O-])CC=C2. The van der Waals surface area contributed by atoms with Gasteiger partial charge in [0, 0.05) is 28.0 Å². The molecule has 2 aliphatic rings. The van der Waals surface area contributed by atoms with Crippen molar-refractivity contribution in [3.8, 4) is 0 Å². The summed E-state index contributed by atoms with van der Waals surface area (Å²) in [6, 6.07) is 5.31. The first-order valence-electron chi connectivity index (χ1n) is 5.84. The van der Waals surface area contributed by atoms with Crippen molar-refractivity contribution < 1.29 is 14.5 Å². The standard InChI is InChI=1S/C14H9NO4/c16-13-8-4-1-2-5-9(8)14(17)12-10(13)6-3-7-11(12)15(18)19/h1-6,11H,7H2. The summed E-state index contributed by atoms with van der Waals surface area (Å²) in [5, 5.41) is 11.0. The molecule has 2 aliphatic carbocycles. The first kappa shape index (κ1) is 11.5. The van der Waals surface area contributed by atoms with Gasteiger partial charge in [0.25, 0.3) is 0 Å². The number of allylic oxidation sites excluding steroid dienone is 2. The molecule has 1 unspecified atom stereocenters. The van der Waals surface area contributed by atoms with Crippen LogP contribution >= 0.6 is 0 Å². The lowest BCUT2D eigenvalue weighted by Crippen LogP contribution is -2.34. The van der Waals surface area contributed by atoms with Crippen LogP contribution in [0.25, 0.3) is 0 Å². The first-order valence-corrected chi connectivity index (χ1v) is 5.84. The first-order chi connectivity index (χ1) is 9.11. The van der Waals surface area contributed by atoms with Gasteiger partial charge in [0.15, 0.2) is 11.6 Å². The van der Waals surface area contributed by atoms with Crippen LogP contribution in [0.1, 0.15) is 27.1 Å². The summed E-state index contributed by atoms with van der Waals surface area (Å²) in [4.78, 5) is 35.2. The van der Waals surface area contributed by atoms with Crippen LogP contribution < -0.4 is 0 Å². The predicted molar refractivity (Wildman–Crippen MR) is 66.7 cm³/mol. The number of hydrogen-bond acceptors (Lipinski definition) is 4. The number of ketones is 2. The van der Waals surface area contributed by atoms with Crippen molar-refractivity contribution in [2.45, 2.75) is 12.5 Å². The summed E-state index contributed by atoms with van der Waals surface area (Å²) in [6.45, 7) is 0. The maximum atomic E-state index is 12.4. The van der Waals surface area contributed by atoms with Crippen LogP contribution in [0.4, 0.5) is 0 Å². The Labute approximate surface area is 108 Å². The van der Waals surface area contributed by atoms with Gasteiger partial charge in [-0.1, -0.05) is 36.4 Å². The second-order valence-corrected chi connectivity index (χ2v) is 4.47. The Hall–Kier alpha value is -2.56. The van der Waals surface area contributed by atoms with Gasteiger partial charge in [0.1, 0.15) is 0 Å². The van der Waals surface area contributed by atoms with Gasteiger partial charge in [0.05, 0.1) is 5.57 Å². The molecule has 0 heterocycles. The average Bonchev–Trinajstić information content (AvgIpc) is 2.44. The lowest BCUT2D eigenvalue weighted by Gasteiger charge is -2.23. The number of hydrogen-bond donors (Lipinski definition) is 0. The van der Waals surface area contributed by atoms with Crippen molar-refractivity contribution in [3.63, 3.8) is 0 Å². The summed E-state index contributed by atoms with van der Waals surface area (Å²) >= 11 is 0. The molecule has 5 heteroatoms. The molecule has 0 aromatic heterocycles. The minimum Gasteiger partial charge on any atom is -0.289 e. The third-order valence-corrected chi connectivity index (χ3v) is 3.43. The third-order valence-electron chi connectivity index (χ3n) is 3.43. The van der Waals surface area contributed by atoms with Gasteiger partial charge in [-0.3, -0.25) is 19.7 Å². The van der Waals surface area contributed by atoms with Gasteiger partial charge < -0.3 is 0 Å². The Morgan fingerprint density at radius 3 is 2.37 bits per heavy atom. The molecule has 94 valence electrons. The van der Waals surface area contributed by atoms with E-state index in [-0.39, 0.29) is 28.9 Å². The van der Waals surface area contributed by atoms with Gasteiger partial charge in [-0.15, -0.1) is 0 Å². The summed E-state index contributed by atoms with van der Waals surface area (Å²) in [7, 11) is 0. The molecule has 1 atom stereocenters. The minimum atomic E-state index is -1.12. The molecule has 1 aromatic rings. The molecule has 19 heavy (non-hydrogen) atoms. The molecule has 5 nitrogen and oxygen atoms in total. The molecule has 0 fully saturated rings. The van der Waals surface area contributed by atoms with Crippen LogP contribution in [-0.4, -0.2) is 22.5 Å². The Morgan fingerprint density at radius 1 is 1.11 bits per heavy atom. The lowest BCUT2D eigenvalue weighted by atomic mass is 9.78. The minimum absolute atomic E-state index is 0.0243. The lowest BCUT2D eigenvalue weighted by molar-refractivity contribution is -0.510. The van der Waals surface area contributed by atoms with Crippen LogP contribution in [0, 0.1) is 10.1 Å². The van der Waals surface area contributed by atoms with E-state index in [9.17, 15) is 19.7 Å². The molecule has 0 radical (unpaired) electrons. The van der Waals surface area contributed by atoms with Gasteiger partial charge in [-0.25, -0.2) is 0 Å². The van der Waals surface area contributed by atoms with Gasteiger partial charge in [0.2, 0.25) is 6.04 Å². The van der Waals surface area contributed by atoms with E-state index in [4.69, 9.17) is 0 Å². The average molecular weight is 255 g/mol. The van der Waals surface area contributed by atoms with Crippen LogP contribution in [0.5, 0.6) is 0 Å². The molecule has 0 bridgehead atoms. The van der Waals surface area contributed by atoms with E-state index < -0.39 is 16.7 Å². The van der Waals surface area contributed by atoms with E-state index in [0.29, 0.717) is 5.56 Å². The Morgan fingerprint density at radius 2 is 1.74 bits per heavy atom. The summed E-state index contributed by atoms with van der Waals surface area (Å²) < 4.78 is 0. The zero-order valence-electron chi connectivity index (χ0n) is 9.83. The van der Waals surface area contributed by atoms with Crippen LogP contribution in [-0.2, 0) is 0 Å².